The lowest BCUT2D eigenvalue weighted by Gasteiger charge is -2.31. The lowest BCUT2D eigenvalue weighted by molar-refractivity contribution is -0.110. The topological polar surface area (TPSA) is 106 Å². The van der Waals surface area contributed by atoms with Crippen molar-refractivity contribution < 1.29 is 18.9 Å². The zero-order chi connectivity index (χ0) is 31.1. The van der Waals surface area contributed by atoms with Crippen LogP contribution in [0.25, 0.3) is 11.6 Å². The molecule has 3 aliphatic rings. The fourth-order valence-electron chi connectivity index (χ4n) is 6.77. The largest absolute Gasteiger partial charge is 0.395 e. The Hall–Kier alpha value is -2.95. The minimum atomic E-state index is -1.45. The van der Waals surface area contributed by atoms with Crippen molar-refractivity contribution in [1.82, 2.24) is 14.8 Å². The number of halogens is 2. The van der Waals surface area contributed by atoms with E-state index in [1.165, 1.54) is 0 Å². The molecule has 0 aliphatic carbocycles. The number of nitrogens with zero attached hydrogens (tertiary/aromatic N) is 2. The van der Waals surface area contributed by atoms with Crippen LogP contribution in [0.3, 0.4) is 0 Å². The minimum absolute atomic E-state index is 0.00432. The summed E-state index contributed by atoms with van der Waals surface area (Å²) in [5.74, 6) is -0.121. The molecule has 2 fully saturated rings. The number of carbonyl (C=O) groups is 2. The van der Waals surface area contributed by atoms with Crippen molar-refractivity contribution in [2.75, 3.05) is 31.6 Å². The molecular formula is C33H36Cl2N4O4S. The van der Waals surface area contributed by atoms with Crippen molar-refractivity contribution in [1.29, 1.82) is 0 Å². The number of likely N-dealkylation sites (tertiary alicyclic amines) is 2. The van der Waals surface area contributed by atoms with E-state index in [4.69, 9.17) is 23.2 Å². The molecule has 3 aliphatic heterocycles. The summed E-state index contributed by atoms with van der Waals surface area (Å²) in [5, 5.41) is 13.6. The number of aryl methyl sites for hydroxylation is 1. The number of H-pyrrole nitrogens is 1. The average Bonchev–Trinajstić information content (AvgIpc) is 3.78. The molecule has 11 heteroatoms. The van der Waals surface area contributed by atoms with Gasteiger partial charge in [0.05, 0.1) is 34.3 Å². The van der Waals surface area contributed by atoms with Gasteiger partial charge >= 0.3 is 0 Å². The van der Waals surface area contributed by atoms with Gasteiger partial charge in [0, 0.05) is 68.3 Å². The van der Waals surface area contributed by atoms with Gasteiger partial charge in [-0.3, -0.25) is 18.7 Å². The summed E-state index contributed by atoms with van der Waals surface area (Å²) >= 11 is 12.6. The molecule has 3 aromatic rings. The summed E-state index contributed by atoms with van der Waals surface area (Å²) in [6.45, 7) is 6.38. The Bertz CT molecular complexity index is 1670. The number of aliphatic hydroxyl groups excluding tert-OH is 1. The zero-order valence-corrected chi connectivity index (χ0v) is 27.1. The van der Waals surface area contributed by atoms with Crippen LogP contribution in [-0.4, -0.2) is 74.2 Å². The maximum atomic E-state index is 13.9. The summed E-state index contributed by atoms with van der Waals surface area (Å²) in [5.41, 5.74) is 5.19. The van der Waals surface area contributed by atoms with E-state index < -0.39 is 10.8 Å². The van der Waals surface area contributed by atoms with Gasteiger partial charge in [-0.05, 0) is 88.0 Å². The molecule has 3 N–H and O–H groups in total. The highest BCUT2D eigenvalue weighted by Crippen LogP contribution is 2.37. The number of hydrogen-bond acceptors (Lipinski definition) is 5. The van der Waals surface area contributed by atoms with Crippen LogP contribution >= 0.6 is 23.2 Å². The quantitative estimate of drug-likeness (QED) is 0.266. The molecule has 0 saturated carbocycles. The Labute approximate surface area is 269 Å². The lowest BCUT2D eigenvalue weighted by atomic mass is 10.0. The second kappa shape index (κ2) is 12.8. The predicted octanol–water partition coefficient (Wildman–Crippen LogP) is 5.80. The maximum Gasteiger partial charge on any atom is 0.256 e. The average molecular weight is 656 g/mol. The third kappa shape index (κ3) is 5.88. The number of benzene rings is 2. The van der Waals surface area contributed by atoms with E-state index in [0.29, 0.717) is 55.1 Å². The van der Waals surface area contributed by atoms with Crippen LogP contribution in [0.2, 0.25) is 10.0 Å². The van der Waals surface area contributed by atoms with Gasteiger partial charge in [-0.15, -0.1) is 0 Å². The number of aromatic amines is 1. The number of rotatable bonds is 8. The van der Waals surface area contributed by atoms with E-state index in [1.54, 1.807) is 42.5 Å². The number of anilines is 1. The van der Waals surface area contributed by atoms with Gasteiger partial charge in [0.1, 0.15) is 0 Å². The first-order valence-corrected chi connectivity index (χ1v) is 17.1. The first-order valence-electron chi connectivity index (χ1n) is 15.0. The molecular weight excluding hydrogens is 619 g/mol. The second-order valence-corrected chi connectivity index (χ2v) is 14.1. The Morgan fingerprint density at radius 1 is 1.09 bits per heavy atom. The van der Waals surface area contributed by atoms with Crippen LogP contribution in [0.15, 0.2) is 41.3 Å². The summed E-state index contributed by atoms with van der Waals surface area (Å²) in [6.07, 6.45) is 5.74. The summed E-state index contributed by atoms with van der Waals surface area (Å²) in [7, 11) is -1.45. The molecule has 0 bridgehead atoms. The van der Waals surface area contributed by atoms with Gasteiger partial charge in [0.2, 0.25) is 0 Å². The highest BCUT2D eigenvalue weighted by molar-refractivity contribution is 7.84. The summed E-state index contributed by atoms with van der Waals surface area (Å²) in [6, 6.07) is 10.7. The van der Waals surface area contributed by atoms with Crippen molar-refractivity contribution in [3.8, 4) is 0 Å². The number of aliphatic hydroxyl groups is 1. The van der Waals surface area contributed by atoms with E-state index in [1.807, 2.05) is 18.7 Å². The fraction of sp³-hybridized carbons (Fsp3) is 0.394. The molecule has 0 radical (unpaired) electrons. The van der Waals surface area contributed by atoms with E-state index in [0.717, 1.165) is 50.0 Å². The Balaban J connectivity index is 1.25. The van der Waals surface area contributed by atoms with Crippen LogP contribution in [0.5, 0.6) is 0 Å². The second-order valence-electron chi connectivity index (χ2n) is 11.8. The van der Waals surface area contributed by atoms with Crippen molar-refractivity contribution in [2.45, 2.75) is 62.3 Å². The number of hydrogen-bond donors (Lipinski definition) is 3. The van der Waals surface area contributed by atoms with Gasteiger partial charge in [-0.1, -0.05) is 29.3 Å². The standard InChI is InChI=1S/C33H36Cl2N4O4S/c1-19-30(36-20(2)31(19)33(42)39-13-5-6-21(39)16-38-12-4-7-22(38)17-40)15-25-24-14-23(10-11-29(24)37-32(25)41)44(43)18-26-27(34)8-3-9-28(26)35/h3,8-11,14-15,21-22,36,40H,4-7,12-13,16-18H2,1-2H3,(H,37,41)/b25-15-/t21-,22+,44?/m1/s1. The number of fused-ring (bicyclic) bond motifs is 1. The van der Waals surface area contributed by atoms with Crippen LogP contribution in [0.1, 0.15) is 64.1 Å². The summed E-state index contributed by atoms with van der Waals surface area (Å²) in [4.78, 5) is 35.2. The molecule has 232 valence electrons. The SMILES string of the molecule is Cc1[nH]c(/C=C2\C(=O)Nc3ccc(S(=O)Cc4c(Cl)cccc4Cl)cc32)c(C)c1C(=O)N1CCC[C@@H]1CN1CCC[C@H]1CO. The van der Waals surface area contributed by atoms with Crippen molar-refractivity contribution in [2.24, 2.45) is 0 Å². The lowest BCUT2D eigenvalue weighted by Crippen LogP contribution is -2.45. The van der Waals surface area contributed by atoms with E-state index >= 15 is 0 Å². The minimum Gasteiger partial charge on any atom is -0.395 e. The van der Waals surface area contributed by atoms with Crippen LogP contribution < -0.4 is 5.32 Å². The highest BCUT2D eigenvalue weighted by Gasteiger charge is 2.36. The van der Waals surface area contributed by atoms with Crippen molar-refractivity contribution in [3.63, 3.8) is 0 Å². The summed E-state index contributed by atoms with van der Waals surface area (Å²) < 4.78 is 13.3. The zero-order valence-electron chi connectivity index (χ0n) is 24.8. The van der Waals surface area contributed by atoms with Crippen LogP contribution in [-0.2, 0) is 21.3 Å². The smallest absolute Gasteiger partial charge is 0.256 e. The normalized spacial score (nSPS) is 21.7. The predicted molar refractivity (Wildman–Crippen MR) is 176 cm³/mol. The molecule has 8 nitrogen and oxygen atoms in total. The molecule has 2 saturated heterocycles. The molecule has 3 atom stereocenters. The van der Waals surface area contributed by atoms with Gasteiger partial charge in [0.15, 0.2) is 0 Å². The number of amides is 2. The van der Waals surface area contributed by atoms with E-state index in [-0.39, 0.29) is 36.3 Å². The molecule has 0 spiro atoms. The van der Waals surface area contributed by atoms with E-state index in [9.17, 15) is 18.9 Å². The molecule has 1 unspecified atom stereocenters. The molecule has 2 amide bonds. The molecule has 1 aromatic heterocycles. The Morgan fingerprint density at radius 3 is 2.57 bits per heavy atom. The monoisotopic (exact) mass is 654 g/mol. The first kappa shape index (κ1) is 31.0. The van der Waals surface area contributed by atoms with Crippen LogP contribution in [0.4, 0.5) is 5.69 Å². The van der Waals surface area contributed by atoms with Crippen molar-refractivity contribution >= 4 is 63.2 Å². The Kier molecular flexibility index (Phi) is 9.04. The number of aromatic nitrogens is 1. The maximum absolute atomic E-state index is 13.9. The number of nitrogens with one attached hydrogen (secondary N) is 2. The molecule has 2 aromatic carbocycles. The number of carbonyl (C=O) groups excluding carboxylic acids is 2. The fourth-order valence-corrected chi connectivity index (χ4v) is 8.67. The first-order chi connectivity index (χ1) is 21.2. The van der Waals surface area contributed by atoms with Gasteiger partial charge in [0.25, 0.3) is 11.8 Å². The van der Waals surface area contributed by atoms with Gasteiger partial charge in [-0.2, -0.15) is 0 Å². The highest BCUT2D eigenvalue weighted by atomic mass is 35.5. The third-order valence-corrected chi connectivity index (χ3v) is 11.2. The van der Waals surface area contributed by atoms with Crippen LogP contribution in [0, 0.1) is 13.8 Å². The third-order valence-electron chi connectivity index (χ3n) is 9.15. The Morgan fingerprint density at radius 2 is 1.82 bits per heavy atom. The van der Waals surface area contributed by atoms with Gasteiger partial charge < -0.3 is 20.3 Å². The molecule has 44 heavy (non-hydrogen) atoms. The van der Waals surface area contributed by atoms with Crippen molar-refractivity contribution in [3.05, 3.63) is 80.1 Å². The molecule has 6 rings (SSSR count). The van der Waals surface area contributed by atoms with Gasteiger partial charge in [-0.25, -0.2) is 0 Å². The van der Waals surface area contributed by atoms with E-state index in [2.05, 4.69) is 15.2 Å². The molecule has 4 heterocycles.